The van der Waals surface area contributed by atoms with Gasteiger partial charge in [-0.1, -0.05) is 48.9 Å². The number of benzene rings is 2. The number of ether oxygens (including phenoxy) is 1. The zero-order valence-electron chi connectivity index (χ0n) is 18.6. The Morgan fingerprint density at radius 3 is 2.29 bits per heavy atom. The van der Waals surface area contributed by atoms with Gasteiger partial charge in [-0.05, 0) is 61.9 Å². The van der Waals surface area contributed by atoms with Crippen molar-refractivity contribution in [2.45, 2.75) is 52.3 Å². The largest absolute Gasteiger partial charge is 0.458 e. The van der Waals surface area contributed by atoms with E-state index in [-0.39, 0.29) is 24.1 Å². The van der Waals surface area contributed by atoms with Crippen LogP contribution >= 0.6 is 18.9 Å². The predicted molar refractivity (Wildman–Crippen MR) is 131 cm³/mol. The quantitative estimate of drug-likeness (QED) is 0.375. The molecule has 3 rings (SSSR count). The van der Waals surface area contributed by atoms with Crippen LogP contribution in [-0.2, 0) is 20.9 Å². The highest BCUT2D eigenvalue weighted by Gasteiger charge is 2.52. The summed E-state index contributed by atoms with van der Waals surface area (Å²) in [5.41, 5.74) is 3.59. The van der Waals surface area contributed by atoms with Crippen molar-refractivity contribution in [1.82, 2.24) is 0 Å². The minimum absolute atomic E-state index is 0.0297. The average Bonchev–Trinajstić information content (AvgIpc) is 3.19. The molecule has 1 heterocycles. The fourth-order valence-corrected chi connectivity index (χ4v) is 10.1. The van der Waals surface area contributed by atoms with E-state index in [4.69, 9.17) is 16.3 Å². The van der Waals surface area contributed by atoms with Crippen molar-refractivity contribution >= 4 is 36.4 Å². The Morgan fingerprint density at radius 2 is 1.71 bits per heavy atom. The summed E-state index contributed by atoms with van der Waals surface area (Å²) in [6, 6.07) is 13.5. The molecule has 1 N–H and O–H groups in total. The van der Waals surface area contributed by atoms with Crippen LogP contribution in [-0.4, -0.2) is 36.0 Å². The van der Waals surface area contributed by atoms with Crippen molar-refractivity contribution in [3.05, 3.63) is 64.2 Å². The molecular formula is C25H32ClNO3P+. The molecule has 0 radical (unpaired) electrons. The number of carbonyl (C=O) groups excluding carboxylic acids is 2. The summed E-state index contributed by atoms with van der Waals surface area (Å²) in [7, 11) is -1.78. The number of aryl methyl sites for hydroxylation is 2. The van der Waals surface area contributed by atoms with Crippen LogP contribution in [0, 0.1) is 13.8 Å². The normalized spacial score (nSPS) is 16.0. The third-order valence-corrected chi connectivity index (χ3v) is 11.7. The monoisotopic (exact) mass is 460 g/mol. The summed E-state index contributed by atoms with van der Waals surface area (Å²) in [4.78, 5) is 26.2. The molecule has 0 bridgehead atoms. The molecule has 6 heteroatoms. The van der Waals surface area contributed by atoms with Gasteiger partial charge in [0.1, 0.15) is 12.3 Å². The van der Waals surface area contributed by atoms with E-state index in [0.29, 0.717) is 11.2 Å². The van der Waals surface area contributed by atoms with E-state index in [0.717, 1.165) is 54.0 Å². The van der Waals surface area contributed by atoms with Crippen LogP contribution in [0.4, 0.5) is 5.69 Å². The van der Waals surface area contributed by atoms with Gasteiger partial charge >= 0.3 is 5.97 Å². The third-order valence-electron chi connectivity index (χ3n) is 6.24. The number of nitrogens with one attached hydrogen (secondary N) is 1. The average molecular weight is 461 g/mol. The molecular weight excluding hydrogens is 429 g/mol. The smallest absolute Gasteiger partial charge is 0.344 e. The van der Waals surface area contributed by atoms with E-state index in [1.165, 1.54) is 0 Å². The third kappa shape index (κ3) is 5.87. The first-order valence-electron chi connectivity index (χ1n) is 11.0. The van der Waals surface area contributed by atoms with Crippen LogP contribution in [0.25, 0.3) is 0 Å². The summed E-state index contributed by atoms with van der Waals surface area (Å²) >= 11 is 6.15. The number of amides is 1. The molecule has 1 aliphatic rings. The Kier molecular flexibility index (Phi) is 8.13. The summed E-state index contributed by atoms with van der Waals surface area (Å²) in [6.07, 6.45) is 5.27. The lowest BCUT2D eigenvalue weighted by Crippen LogP contribution is -2.34. The van der Waals surface area contributed by atoms with E-state index in [1.54, 1.807) is 0 Å². The zero-order valence-corrected chi connectivity index (χ0v) is 20.3. The summed E-state index contributed by atoms with van der Waals surface area (Å²) < 4.78 is 5.60. The predicted octanol–water partition coefficient (Wildman–Crippen LogP) is 6.23. The number of halogens is 1. The molecule has 31 heavy (non-hydrogen) atoms. The maximum absolute atomic E-state index is 13.4. The van der Waals surface area contributed by atoms with Gasteiger partial charge in [-0.15, -0.1) is 0 Å². The number of anilines is 1. The molecule has 0 aromatic heterocycles. The second-order valence-electron chi connectivity index (χ2n) is 8.51. The Morgan fingerprint density at radius 1 is 1.10 bits per heavy atom. The Hall–Kier alpha value is -1.90. The highest BCUT2D eigenvalue weighted by molar-refractivity contribution is 7.78. The number of hydrogen-bond acceptors (Lipinski definition) is 3. The molecule has 166 valence electrons. The first-order chi connectivity index (χ1) is 14.8. The lowest BCUT2D eigenvalue weighted by molar-refractivity contribution is -0.141. The first-order valence-corrected chi connectivity index (χ1v) is 13.8. The van der Waals surface area contributed by atoms with Crippen molar-refractivity contribution < 1.29 is 14.3 Å². The van der Waals surface area contributed by atoms with Crippen molar-refractivity contribution in [2.75, 3.05) is 23.8 Å². The van der Waals surface area contributed by atoms with E-state index in [9.17, 15) is 9.59 Å². The van der Waals surface area contributed by atoms with E-state index in [1.807, 2.05) is 56.3 Å². The van der Waals surface area contributed by atoms with E-state index >= 15 is 0 Å². The molecule has 4 nitrogen and oxygen atoms in total. The van der Waals surface area contributed by atoms with Gasteiger partial charge in [0.15, 0.2) is 6.16 Å². The minimum Gasteiger partial charge on any atom is -0.458 e. The summed E-state index contributed by atoms with van der Waals surface area (Å²) in [5, 5.41) is 3.84. The molecule has 1 atom stereocenters. The van der Waals surface area contributed by atoms with Crippen molar-refractivity contribution in [2.24, 2.45) is 0 Å². The highest BCUT2D eigenvalue weighted by atomic mass is 35.5. The molecule has 1 fully saturated rings. The van der Waals surface area contributed by atoms with Gasteiger partial charge in [-0.3, -0.25) is 4.79 Å². The van der Waals surface area contributed by atoms with Crippen LogP contribution in [0.1, 0.15) is 42.9 Å². The first kappa shape index (κ1) is 23.8. The second-order valence-corrected chi connectivity index (χ2v) is 13.2. The summed E-state index contributed by atoms with van der Waals surface area (Å²) in [5.74, 6) is -0.147. The maximum atomic E-state index is 13.4. The van der Waals surface area contributed by atoms with Gasteiger partial charge in [-0.2, -0.15) is 0 Å². The van der Waals surface area contributed by atoms with Gasteiger partial charge in [0, 0.05) is 18.0 Å². The fourth-order valence-electron chi connectivity index (χ4n) is 4.72. The molecule has 0 aliphatic carbocycles. The van der Waals surface area contributed by atoms with Crippen LogP contribution in [0.15, 0.2) is 42.5 Å². The van der Waals surface area contributed by atoms with E-state index < -0.39 is 7.26 Å². The molecule has 1 aliphatic heterocycles. The van der Waals surface area contributed by atoms with Gasteiger partial charge in [0.05, 0.1) is 12.3 Å². The molecule has 0 saturated carbocycles. The molecule has 2 aromatic carbocycles. The van der Waals surface area contributed by atoms with Crippen molar-refractivity contribution in [3.8, 4) is 0 Å². The van der Waals surface area contributed by atoms with Crippen LogP contribution in [0.5, 0.6) is 0 Å². The molecule has 0 spiro atoms. The van der Waals surface area contributed by atoms with Gasteiger partial charge in [0.25, 0.3) is 5.91 Å². The topological polar surface area (TPSA) is 55.4 Å². The van der Waals surface area contributed by atoms with E-state index in [2.05, 4.69) is 12.2 Å². The van der Waals surface area contributed by atoms with Crippen LogP contribution in [0.3, 0.4) is 0 Å². The van der Waals surface area contributed by atoms with Gasteiger partial charge in [0.2, 0.25) is 0 Å². The minimum atomic E-state index is -1.78. The van der Waals surface area contributed by atoms with Crippen LogP contribution < -0.4 is 5.32 Å². The number of rotatable bonds is 8. The van der Waals surface area contributed by atoms with Gasteiger partial charge in [-0.25, -0.2) is 4.79 Å². The molecule has 2 aromatic rings. The fraction of sp³-hybridized carbons (Fsp3) is 0.440. The lowest BCUT2D eigenvalue weighted by Gasteiger charge is -2.29. The molecule has 1 amide bonds. The van der Waals surface area contributed by atoms with Crippen LogP contribution in [0.2, 0.25) is 5.02 Å². The maximum Gasteiger partial charge on any atom is 0.344 e. The Labute approximate surface area is 191 Å². The number of carbonyl (C=O) groups is 2. The zero-order chi connectivity index (χ0) is 22.4. The highest BCUT2D eigenvalue weighted by Crippen LogP contribution is 2.68. The van der Waals surface area contributed by atoms with Gasteiger partial charge < -0.3 is 10.1 Å². The standard InChI is InChI=1S/C25H31ClNO3P/c1-4-22(25(29)27-24-18(2)14-21(26)15-19(24)3)31(12-8-9-13-31)17-23(28)30-16-20-10-6-5-7-11-20/h5-7,10-11,14-15,22H,4,8-9,12-13,16-17H2,1-3H3/p+1. The summed E-state index contributed by atoms with van der Waals surface area (Å²) in [6.45, 7) is 6.25. The lowest BCUT2D eigenvalue weighted by atomic mass is 10.1. The number of esters is 1. The molecule has 1 unspecified atom stereocenters. The number of hydrogen-bond donors (Lipinski definition) is 1. The van der Waals surface area contributed by atoms with Crippen molar-refractivity contribution in [3.63, 3.8) is 0 Å². The molecule has 1 saturated heterocycles. The SMILES string of the molecule is CCC(C(=O)Nc1c(C)cc(Cl)cc1C)[P+]1(CC(=O)OCc2ccccc2)CCCC1. The van der Waals surface area contributed by atoms with Crippen molar-refractivity contribution in [1.29, 1.82) is 0 Å². The Bertz CT molecular complexity index is 903. The second kappa shape index (κ2) is 10.6. The Balaban J connectivity index is 1.73.